The van der Waals surface area contributed by atoms with E-state index < -0.39 is 0 Å². The average Bonchev–Trinajstić information content (AvgIpc) is 3.14. The molecule has 2 aromatic carbocycles. The second-order valence-electron chi connectivity index (χ2n) is 6.29. The number of hydrogen-bond donors (Lipinski definition) is 0. The molecule has 0 saturated carbocycles. The third-order valence-electron chi connectivity index (χ3n) is 4.82. The highest BCUT2D eigenvalue weighted by atomic mass is 16.6. The first kappa shape index (κ1) is 15.7. The predicted molar refractivity (Wildman–Crippen MR) is 90.7 cm³/mol. The maximum Gasteiger partial charge on any atom is 0.410 e. The lowest BCUT2D eigenvalue weighted by atomic mass is 10.0. The molecule has 1 unspecified atom stereocenters. The average molecular weight is 334 g/mol. The molecule has 4 rings (SSSR count). The molecule has 1 fully saturated rings. The fraction of sp³-hybridized carbons (Fsp3) is 0.300. The molecule has 1 heterocycles. The van der Waals surface area contributed by atoms with Crippen molar-refractivity contribution in [1.29, 1.82) is 5.26 Å². The van der Waals surface area contributed by atoms with Gasteiger partial charge in [0, 0.05) is 13.0 Å². The van der Waals surface area contributed by atoms with Crippen LogP contribution in [0.1, 0.15) is 28.3 Å². The van der Waals surface area contributed by atoms with E-state index in [0.29, 0.717) is 31.7 Å². The molecule has 1 saturated heterocycles. The van der Waals surface area contributed by atoms with Crippen LogP contribution in [-0.4, -0.2) is 30.2 Å². The van der Waals surface area contributed by atoms with Gasteiger partial charge in [0.05, 0.1) is 30.9 Å². The second kappa shape index (κ2) is 6.58. The molecule has 126 valence electrons. The summed E-state index contributed by atoms with van der Waals surface area (Å²) >= 11 is 0. The zero-order valence-electron chi connectivity index (χ0n) is 13.7. The highest BCUT2D eigenvalue weighted by Gasteiger charge is 2.47. The van der Waals surface area contributed by atoms with E-state index in [2.05, 4.69) is 6.07 Å². The van der Waals surface area contributed by atoms with E-state index in [-0.39, 0.29) is 18.2 Å². The predicted octanol–water partition coefficient (Wildman–Crippen LogP) is 3.19. The first-order valence-electron chi connectivity index (χ1n) is 8.39. The van der Waals surface area contributed by atoms with Gasteiger partial charge in [-0.15, -0.1) is 0 Å². The Morgan fingerprint density at radius 2 is 2.04 bits per heavy atom. The van der Waals surface area contributed by atoms with Gasteiger partial charge >= 0.3 is 6.09 Å². The largest absolute Gasteiger partial charge is 0.443 e. The summed E-state index contributed by atoms with van der Waals surface area (Å²) in [6, 6.07) is 17.7. The number of nitrogens with zero attached hydrogens (tertiary/aromatic N) is 2. The van der Waals surface area contributed by atoms with E-state index in [1.807, 2.05) is 48.5 Å². The molecule has 1 aliphatic heterocycles. The Bertz CT molecular complexity index is 829. The molecular weight excluding hydrogens is 316 g/mol. The van der Waals surface area contributed by atoms with Crippen LogP contribution in [0.2, 0.25) is 0 Å². The van der Waals surface area contributed by atoms with Crippen molar-refractivity contribution in [3.8, 4) is 6.07 Å². The molecule has 0 spiro atoms. The highest BCUT2D eigenvalue weighted by molar-refractivity contribution is 5.72. The zero-order valence-corrected chi connectivity index (χ0v) is 13.7. The first-order chi connectivity index (χ1) is 12.3. The number of amides is 1. The van der Waals surface area contributed by atoms with Crippen LogP contribution in [0.15, 0.2) is 48.5 Å². The minimum absolute atomic E-state index is 0.115. The summed E-state index contributed by atoms with van der Waals surface area (Å²) < 4.78 is 11.2. The Morgan fingerprint density at radius 3 is 2.84 bits per heavy atom. The molecule has 0 bridgehead atoms. The molecule has 1 amide bonds. The second-order valence-corrected chi connectivity index (χ2v) is 6.29. The molecular formula is C20H18N2O3. The third-order valence-corrected chi connectivity index (χ3v) is 4.82. The summed E-state index contributed by atoms with van der Waals surface area (Å²) in [7, 11) is 0. The van der Waals surface area contributed by atoms with E-state index in [1.54, 1.807) is 4.90 Å². The standard InChI is InChI=1S/C20H18N2O3/c21-12-15-7-4-8-16-17(15)11-18-19(16)22(20(23)25-18)9-10-24-13-14-5-2-1-3-6-14/h1-8,18-19H,9-11,13H2/t18?,19-/m0/s1. The van der Waals surface area contributed by atoms with Crippen molar-refractivity contribution < 1.29 is 14.3 Å². The molecule has 5 nitrogen and oxygen atoms in total. The fourth-order valence-electron chi connectivity index (χ4n) is 3.67. The lowest BCUT2D eigenvalue weighted by Gasteiger charge is -2.21. The summed E-state index contributed by atoms with van der Waals surface area (Å²) in [5, 5.41) is 9.27. The van der Waals surface area contributed by atoms with Gasteiger partial charge in [-0.05, 0) is 22.8 Å². The minimum Gasteiger partial charge on any atom is -0.443 e. The Kier molecular flexibility index (Phi) is 4.12. The van der Waals surface area contributed by atoms with Gasteiger partial charge in [0.25, 0.3) is 0 Å². The number of ether oxygens (including phenoxy) is 2. The monoisotopic (exact) mass is 334 g/mol. The van der Waals surface area contributed by atoms with Gasteiger partial charge in [-0.1, -0.05) is 42.5 Å². The van der Waals surface area contributed by atoms with Crippen molar-refractivity contribution in [1.82, 2.24) is 4.90 Å². The van der Waals surface area contributed by atoms with Crippen molar-refractivity contribution in [2.45, 2.75) is 25.2 Å². The number of nitriles is 1. The van der Waals surface area contributed by atoms with Crippen LogP contribution in [0.25, 0.3) is 0 Å². The minimum atomic E-state index is -0.300. The summed E-state index contributed by atoms with van der Waals surface area (Å²) in [4.78, 5) is 13.9. The Morgan fingerprint density at radius 1 is 1.20 bits per heavy atom. The maximum absolute atomic E-state index is 12.2. The van der Waals surface area contributed by atoms with Crippen LogP contribution in [-0.2, 0) is 22.5 Å². The quantitative estimate of drug-likeness (QED) is 0.788. The van der Waals surface area contributed by atoms with Crippen LogP contribution in [0.5, 0.6) is 0 Å². The number of benzene rings is 2. The van der Waals surface area contributed by atoms with Crippen molar-refractivity contribution in [2.24, 2.45) is 0 Å². The number of carbonyl (C=O) groups is 1. The van der Waals surface area contributed by atoms with Gasteiger partial charge in [-0.2, -0.15) is 5.26 Å². The fourth-order valence-corrected chi connectivity index (χ4v) is 3.67. The number of carbonyl (C=O) groups excluding carboxylic acids is 1. The lowest BCUT2D eigenvalue weighted by molar-refractivity contribution is 0.0933. The number of fused-ring (bicyclic) bond motifs is 3. The number of rotatable bonds is 5. The molecule has 25 heavy (non-hydrogen) atoms. The summed E-state index contributed by atoms with van der Waals surface area (Å²) in [6.45, 7) is 1.44. The molecule has 0 radical (unpaired) electrons. The maximum atomic E-state index is 12.2. The van der Waals surface area contributed by atoms with E-state index in [9.17, 15) is 10.1 Å². The van der Waals surface area contributed by atoms with Crippen molar-refractivity contribution >= 4 is 6.09 Å². The lowest BCUT2D eigenvalue weighted by Crippen LogP contribution is -2.31. The van der Waals surface area contributed by atoms with E-state index in [4.69, 9.17) is 9.47 Å². The summed E-state index contributed by atoms with van der Waals surface area (Å²) in [5.41, 5.74) is 3.80. The van der Waals surface area contributed by atoms with Crippen LogP contribution in [0.3, 0.4) is 0 Å². The molecule has 2 atom stereocenters. The third kappa shape index (κ3) is 2.86. The topological polar surface area (TPSA) is 62.6 Å². The molecule has 0 aromatic heterocycles. The van der Waals surface area contributed by atoms with Crippen LogP contribution in [0, 0.1) is 11.3 Å². The van der Waals surface area contributed by atoms with Crippen molar-refractivity contribution in [3.63, 3.8) is 0 Å². The van der Waals surface area contributed by atoms with E-state index in [1.165, 1.54) is 0 Å². The SMILES string of the molecule is N#Cc1cccc2c1CC1OC(=O)N(CCOCc3ccccc3)[C@@H]21. The van der Waals surface area contributed by atoms with Gasteiger partial charge in [0.1, 0.15) is 6.10 Å². The Hall–Kier alpha value is -2.84. The zero-order chi connectivity index (χ0) is 17.2. The van der Waals surface area contributed by atoms with Crippen molar-refractivity contribution in [3.05, 3.63) is 70.8 Å². The molecule has 1 aliphatic carbocycles. The van der Waals surface area contributed by atoms with Gasteiger partial charge in [-0.3, -0.25) is 4.90 Å². The van der Waals surface area contributed by atoms with E-state index in [0.717, 1.165) is 16.7 Å². The van der Waals surface area contributed by atoms with Crippen molar-refractivity contribution in [2.75, 3.05) is 13.2 Å². The highest BCUT2D eigenvalue weighted by Crippen LogP contribution is 2.43. The summed E-state index contributed by atoms with van der Waals surface area (Å²) in [6.07, 6.45) is 0.106. The molecule has 0 N–H and O–H groups in total. The molecule has 2 aliphatic rings. The molecule has 5 heteroatoms. The Balaban J connectivity index is 1.43. The van der Waals surface area contributed by atoms with Crippen LogP contribution < -0.4 is 0 Å². The normalized spacial score (nSPS) is 20.8. The van der Waals surface area contributed by atoms with Gasteiger partial charge in [0.2, 0.25) is 0 Å². The molecule has 2 aromatic rings. The summed E-state index contributed by atoms with van der Waals surface area (Å²) in [5.74, 6) is 0. The van der Waals surface area contributed by atoms with Gasteiger partial charge in [0.15, 0.2) is 0 Å². The van der Waals surface area contributed by atoms with E-state index >= 15 is 0 Å². The first-order valence-corrected chi connectivity index (χ1v) is 8.39. The van der Waals surface area contributed by atoms with Gasteiger partial charge < -0.3 is 9.47 Å². The Labute approximate surface area is 146 Å². The van der Waals surface area contributed by atoms with Crippen LogP contribution >= 0.6 is 0 Å². The number of hydrogen-bond acceptors (Lipinski definition) is 4. The smallest absolute Gasteiger partial charge is 0.410 e. The van der Waals surface area contributed by atoms with Gasteiger partial charge in [-0.25, -0.2) is 4.79 Å². The van der Waals surface area contributed by atoms with Crippen LogP contribution in [0.4, 0.5) is 4.79 Å².